The van der Waals surface area contributed by atoms with E-state index in [0.717, 1.165) is 0 Å². The maximum Gasteiger partial charge on any atom is 0.323 e. The first-order chi connectivity index (χ1) is 4.80. The van der Waals surface area contributed by atoms with Crippen molar-refractivity contribution in [3.05, 3.63) is 0 Å². The second-order valence-corrected chi connectivity index (χ2v) is 3.62. The summed E-state index contributed by atoms with van der Waals surface area (Å²) in [5.74, 6) is -0.653. The molecule has 3 heteroatoms. The highest BCUT2D eigenvalue weighted by Gasteiger charge is 2.35. The summed E-state index contributed by atoms with van der Waals surface area (Å²) >= 11 is 0. The van der Waals surface area contributed by atoms with E-state index in [0.29, 0.717) is 5.92 Å². The predicted molar refractivity (Wildman–Crippen MR) is 44.2 cm³/mol. The fourth-order valence-corrected chi connectivity index (χ4v) is 0.887. The lowest BCUT2D eigenvalue weighted by molar-refractivity contribution is -0.145. The molecule has 0 aliphatic heterocycles. The largest absolute Gasteiger partial charge is 0.480 e. The van der Waals surface area contributed by atoms with Crippen molar-refractivity contribution in [2.75, 3.05) is 0 Å². The Kier molecular flexibility index (Phi) is 3.05. The Morgan fingerprint density at radius 1 is 1.45 bits per heavy atom. The third kappa shape index (κ3) is 2.19. The van der Waals surface area contributed by atoms with E-state index in [-0.39, 0.29) is 5.92 Å². The molecule has 0 aromatic carbocycles. The summed E-state index contributed by atoms with van der Waals surface area (Å²) in [6, 6.07) is 0. The highest BCUT2D eigenvalue weighted by molar-refractivity contribution is 5.78. The van der Waals surface area contributed by atoms with Crippen LogP contribution in [-0.2, 0) is 4.79 Å². The van der Waals surface area contributed by atoms with Crippen molar-refractivity contribution in [2.24, 2.45) is 17.6 Å². The SMILES string of the molecule is CC(C)C(C)[C@@](C)(N)C(=O)O. The summed E-state index contributed by atoms with van der Waals surface area (Å²) < 4.78 is 0. The van der Waals surface area contributed by atoms with Crippen LogP contribution in [0.2, 0.25) is 0 Å². The maximum atomic E-state index is 10.6. The standard InChI is InChI=1S/C8H17NO2/c1-5(2)6(3)8(4,9)7(10)11/h5-6H,9H2,1-4H3,(H,10,11)/t6?,8-/m1/s1. The number of hydrogen-bond donors (Lipinski definition) is 2. The van der Waals surface area contributed by atoms with E-state index >= 15 is 0 Å². The van der Waals surface area contributed by atoms with Crippen molar-refractivity contribution in [1.29, 1.82) is 0 Å². The molecule has 0 aromatic rings. The molecule has 0 saturated heterocycles. The van der Waals surface area contributed by atoms with Crippen LogP contribution in [0.3, 0.4) is 0 Å². The highest BCUT2D eigenvalue weighted by Crippen LogP contribution is 2.21. The fourth-order valence-electron chi connectivity index (χ4n) is 0.887. The second-order valence-electron chi connectivity index (χ2n) is 3.62. The molecule has 2 atom stereocenters. The lowest BCUT2D eigenvalue weighted by Crippen LogP contribution is -2.52. The Morgan fingerprint density at radius 3 is 1.91 bits per heavy atom. The van der Waals surface area contributed by atoms with Gasteiger partial charge in [0.2, 0.25) is 0 Å². The Morgan fingerprint density at radius 2 is 1.82 bits per heavy atom. The van der Waals surface area contributed by atoms with Crippen LogP contribution in [0.4, 0.5) is 0 Å². The Hall–Kier alpha value is -0.570. The van der Waals surface area contributed by atoms with Gasteiger partial charge in [-0.1, -0.05) is 20.8 Å². The van der Waals surface area contributed by atoms with Gasteiger partial charge in [-0.2, -0.15) is 0 Å². The molecule has 11 heavy (non-hydrogen) atoms. The van der Waals surface area contributed by atoms with Crippen LogP contribution in [0.25, 0.3) is 0 Å². The van der Waals surface area contributed by atoms with Crippen molar-refractivity contribution in [2.45, 2.75) is 33.2 Å². The Balaban J connectivity index is 4.42. The average Bonchev–Trinajstić information content (AvgIpc) is 1.85. The molecule has 0 saturated carbocycles. The summed E-state index contributed by atoms with van der Waals surface area (Å²) in [7, 11) is 0. The van der Waals surface area contributed by atoms with E-state index in [4.69, 9.17) is 10.8 Å². The predicted octanol–water partition coefficient (Wildman–Crippen LogP) is 1.08. The van der Waals surface area contributed by atoms with Crippen molar-refractivity contribution in [3.63, 3.8) is 0 Å². The van der Waals surface area contributed by atoms with Crippen molar-refractivity contribution < 1.29 is 9.90 Å². The number of carbonyl (C=O) groups is 1. The van der Waals surface area contributed by atoms with E-state index in [9.17, 15) is 4.79 Å². The zero-order valence-electron chi connectivity index (χ0n) is 7.59. The van der Waals surface area contributed by atoms with Gasteiger partial charge in [0.25, 0.3) is 0 Å². The van der Waals surface area contributed by atoms with Gasteiger partial charge >= 0.3 is 5.97 Å². The summed E-state index contributed by atoms with van der Waals surface area (Å²) in [6.07, 6.45) is 0. The van der Waals surface area contributed by atoms with Crippen molar-refractivity contribution in [1.82, 2.24) is 0 Å². The molecule has 3 N–H and O–H groups in total. The quantitative estimate of drug-likeness (QED) is 0.647. The van der Waals surface area contributed by atoms with Gasteiger partial charge in [0.15, 0.2) is 0 Å². The topological polar surface area (TPSA) is 63.3 Å². The Bertz CT molecular complexity index is 152. The fraction of sp³-hybridized carbons (Fsp3) is 0.875. The van der Waals surface area contributed by atoms with E-state index in [1.165, 1.54) is 0 Å². The maximum absolute atomic E-state index is 10.6. The van der Waals surface area contributed by atoms with Crippen LogP contribution in [0.5, 0.6) is 0 Å². The molecule has 0 spiro atoms. The van der Waals surface area contributed by atoms with E-state index in [1.54, 1.807) is 6.92 Å². The van der Waals surface area contributed by atoms with Crippen molar-refractivity contribution >= 4 is 5.97 Å². The third-order valence-corrected chi connectivity index (χ3v) is 2.41. The molecule has 0 aliphatic rings. The molecule has 0 bridgehead atoms. The van der Waals surface area contributed by atoms with Gasteiger partial charge in [0, 0.05) is 0 Å². The summed E-state index contributed by atoms with van der Waals surface area (Å²) in [6.45, 7) is 7.36. The summed E-state index contributed by atoms with van der Waals surface area (Å²) in [5, 5.41) is 8.74. The number of hydrogen-bond acceptors (Lipinski definition) is 2. The minimum atomic E-state index is -1.10. The Labute approximate surface area is 67.6 Å². The molecule has 0 heterocycles. The van der Waals surface area contributed by atoms with Crippen LogP contribution in [0, 0.1) is 11.8 Å². The van der Waals surface area contributed by atoms with E-state index in [1.807, 2.05) is 20.8 Å². The van der Waals surface area contributed by atoms with Crippen LogP contribution < -0.4 is 5.73 Å². The average molecular weight is 159 g/mol. The second kappa shape index (κ2) is 3.22. The van der Waals surface area contributed by atoms with Gasteiger partial charge < -0.3 is 10.8 Å². The molecule has 0 aliphatic carbocycles. The minimum Gasteiger partial charge on any atom is -0.480 e. The first-order valence-corrected chi connectivity index (χ1v) is 3.82. The highest BCUT2D eigenvalue weighted by atomic mass is 16.4. The minimum absolute atomic E-state index is 0.0139. The molecule has 0 fully saturated rings. The number of carboxylic acid groups (broad SMARTS) is 1. The van der Waals surface area contributed by atoms with Crippen molar-refractivity contribution in [3.8, 4) is 0 Å². The van der Waals surface area contributed by atoms with Gasteiger partial charge in [-0.05, 0) is 18.8 Å². The van der Waals surface area contributed by atoms with Crippen LogP contribution in [0.1, 0.15) is 27.7 Å². The molecule has 1 unspecified atom stereocenters. The lowest BCUT2D eigenvalue weighted by atomic mass is 9.80. The summed E-state index contributed by atoms with van der Waals surface area (Å²) in [4.78, 5) is 10.6. The molecule has 0 radical (unpaired) electrons. The molecule has 3 nitrogen and oxygen atoms in total. The first-order valence-electron chi connectivity index (χ1n) is 3.82. The normalized spacial score (nSPS) is 19.5. The molecule has 0 aromatic heterocycles. The summed E-state index contributed by atoms with van der Waals surface area (Å²) in [5.41, 5.74) is 4.50. The van der Waals surface area contributed by atoms with E-state index in [2.05, 4.69) is 0 Å². The molecular weight excluding hydrogens is 142 g/mol. The van der Waals surface area contributed by atoms with Gasteiger partial charge in [-0.25, -0.2) is 0 Å². The van der Waals surface area contributed by atoms with E-state index < -0.39 is 11.5 Å². The number of nitrogens with two attached hydrogens (primary N) is 1. The van der Waals surface area contributed by atoms with Crippen LogP contribution in [0.15, 0.2) is 0 Å². The monoisotopic (exact) mass is 159 g/mol. The molecule has 66 valence electrons. The molecular formula is C8H17NO2. The zero-order chi connectivity index (χ0) is 9.23. The van der Waals surface area contributed by atoms with Gasteiger partial charge in [-0.15, -0.1) is 0 Å². The number of carboxylic acids is 1. The molecule has 0 amide bonds. The van der Waals surface area contributed by atoms with Crippen LogP contribution in [-0.4, -0.2) is 16.6 Å². The van der Waals surface area contributed by atoms with Crippen LogP contribution >= 0.6 is 0 Å². The number of rotatable bonds is 3. The van der Waals surface area contributed by atoms with Gasteiger partial charge in [0.05, 0.1) is 0 Å². The lowest BCUT2D eigenvalue weighted by Gasteiger charge is -2.29. The molecule has 0 rings (SSSR count). The number of aliphatic carboxylic acids is 1. The smallest absolute Gasteiger partial charge is 0.323 e. The van der Waals surface area contributed by atoms with Gasteiger partial charge in [0.1, 0.15) is 5.54 Å². The zero-order valence-corrected chi connectivity index (χ0v) is 7.59. The first kappa shape index (κ1) is 10.4. The van der Waals surface area contributed by atoms with Gasteiger partial charge in [-0.3, -0.25) is 4.79 Å². The third-order valence-electron chi connectivity index (χ3n) is 2.41.